The minimum absolute atomic E-state index is 0.121. The predicted molar refractivity (Wildman–Crippen MR) is 105 cm³/mol. The molecule has 0 N–H and O–H groups in total. The van der Waals surface area contributed by atoms with Crippen molar-refractivity contribution < 1.29 is 32.2 Å². The Hall–Kier alpha value is -2.49. The smallest absolute Gasteiger partial charge is 0.424 e. The van der Waals surface area contributed by atoms with Gasteiger partial charge in [-0.15, -0.1) is 5.10 Å². The second-order valence-corrected chi connectivity index (χ2v) is 7.55. The van der Waals surface area contributed by atoms with Gasteiger partial charge in [-0.3, -0.25) is 4.68 Å². The molecule has 0 amide bonds. The maximum absolute atomic E-state index is 13.6. The van der Waals surface area contributed by atoms with E-state index in [1.807, 2.05) is 0 Å². The van der Waals surface area contributed by atoms with Crippen molar-refractivity contribution in [3.8, 4) is 5.88 Å². The van der Waals surface area contributed by atoms with Crippen LogP contribution in [0.3, 0.4) is 0 Å². The summed E-state index contributed by atoms with van der Waals surface area (Å²) >= 11 is 3.02. The molecule has 0 unspecified atom stereocenters. The van der Waals surface area contributed by atoms with E-state index in [9.17, 15) is 18.0 Å². The highest BCUT2D eigenvalue weighted by atomic mass is 79.9. The Labute approximate surface area is 179 Å². The van der Waals surface area contributed by atoms with Crippen LogP contribution in [0.2, 0.25) is 0 Å². The molecule has 1 fully saturated rings. The lowest BCUT2D eigenvalue weighted by Gasteiger charge is -2.13. The third-order valence-corrected chi connectivity index (χ3v) is 5.39. The summed E-state index contributed by atoms with van der Waals surface area (Å²) in [6, 6.07) is 6.65. The molecule has 30 heavy (non-hydrogen) atoms. The second kappa shape index (κ2) is 9.11. The van der Waals surface area contributed by atoms with Crippen molar-refractivity contribution in [1.29, 1.82) is 0 Å². The quantitative estimate of drug-likeness (QED) is 0.303. The number of alkyl halides is 3. The Kier molecular flexibility index (Phi) is 6.74. The molecular weight excluding hydrogens is 469 g/mol. The number of rotatable bonds is 8. The van der Waals surface area contributed by atoms with Crippen LogP contribution in [0.5, 0.6) is 5.88 Å². The van der Waals surface area contributed by atoms with Crippen molar-refractivity contribution in [2.45, 2.75) is 32.2 Å². The van der Waals surface area contributed by atoms with Gasteiger partial charge in [0, 0.05) is 6.54 Å². The molecule has 0 spiro atoms. The minimum Gasteiger partial charge on any atom is -0.503 e. The molecule has 0 aliphatic heterocycles. The van der Waals surface area contributed by atoms with E-state index in [-0.39, 0.29) is 16.8 Å². The molecule has 10 heteroatoms. The highest BCUT2D eigenvalue weighted by molar-refractivity contribution is 9.10. The number of nitrogens with zero attached hydrogens (tertiary/aromatic N) is 2. The zero-order chi connectivity index (χ0) is 21.9. The fourth-order valence-electron chi connectivity index (χ4n) is 2.93. The van der Waals surface area contributed by atoms with Crippen LogP contribution < -0.4 is 4.74 Å². The van der Waals surface area contributed by atoms with Crippen LogP contribution in [0, 0.1) is 5.92 Å². The average molecular weight is 489 g/mol. The lowest BCUT2D eigenvalue weighted by Crippen LogP contribution is -2.10. The molecule has 0 atom stereocenters. The van der Waals surface area contributed by atoms with Gasteiger partial charge in [0.05, 0.1) is 20.5 Å². The van der Waals surface area contributed by atoms with E-state index in [1.165, 1.54) is 25.2 Å². The number of hydrogen-bond acceptors (Lipinski definition) is 5. The van der Waals surface area contributed by atoms with Crippen LogP contribution in [0.25, 0.3) is 5.57 Å². The van der Waals surface area contributed by atoms with Gasteiger partial charge in [-0.2, -0.15) is 13.2 Å². The van der Waals surface area contributed by atoms with Crippen molar-refractivity contribution in [2.75, 3.05) is 14.2 Å². The number of methoxy groups -OCH3 is 2. The molecule has 0 saturated heterocycles. The Morgan fingerprint density at radius 2 is 2.00 bits per heavy atom. The van der Waals surface area contributed by atoms with Crippen LogP contribution in [-0.2, 0) is 33.6 Å². The molecule has 162 valence electrons. The normalized spacial score (nSPS) is 14.5. The molecule has 0 radical (unpaired) electrons. The second-order valence-electron chi connectivity index (χ2n) is 6.80. The third kappa shape index (κ3) is 4.97. The molecule has 1 aromatic carbocycles. The maximum Gasteiger partial charge on any atom is 0.424 e. The first-order valence-corrected chi connectivity index (χ1v) is 9.91. The standard InChI is InChI=1S/C20H20BrF3N2O4/c1-28-11-15(19(27)29-2)14-6-4-3-5-13(14)10-30-18-16(20(22,23)24)17(21)26(25-18)9-12-7-8-12/h3-6,11-12H,7-10H2,1-2H3/b15-11+. The lowest BCUT2D eigenvalue weighted by atomic mass is 10.0. The summed E-state index contributed by atoms with van der Waals surface area (Å²) in [6.07, 6.45) is -1.48. The van der Waals surface area contributed by atoms with Gasteiger partial charge in [0.25, 0.3) is 0 Å². The number of ether oxygens (including phenoxy) is 3. The fraction of sp³-hybridized carbons (Fsp3) is 0.400. The molecule has 1 saturated carbocycles. The Bertz CT molecular complexity index is 952. The van der Waals surface area contributed by atoms with E-state index in [0.29, 0.717) is 23.6 Å². The molecule has 1 aliphatic carbocycles. The van der Waals surface area contributed by atoms with Crippen molar-refractivity contribution in [1.82, 2.24) is 9.78 Å². The van der Waals surface area contributed by atoms with E-state index in [1.54, 1.807) is 24.3 Å². The van der Waals surface area contributed by atoms with Crippen molar-refractivity contribution in [3.63, 3.8) is 0 Å². The third-order valence-electron chi connectivity index (χ3n) is 4.58. The van der Waals surface area contributed by atoms with Gasteiger partial charge >= 0.3 is 12.1 Å². The van der Waals surface area contributed by atoms with E-state index in [4.69, 9.17) is 14.2 Å². The zero-order valence-electron chi connectivity index (χ0n) is 16.3. The molecule has 1 aromatic heterocycles. The number of benzene rings is 1. The number of halogens is 4. The maximum atomic E-state index is 13.6. The first-order valence-electron chi connectivity index (χ1n) is 9.12. The van der Waals surface area contributed by atoms with E-state index < -0.39 is 23.6 Å². The largest absolute Gasteiger partial charge is 0.503 e. The first kappa shape index (κ1) is 22.2. The number of aromatic nitrogens is 2. The summed E-state index contributed by atoms with van der Waals surface area (Å²) < 4.78 is 57.2. The topological polar surface area (TPSA) is 62.6 Å². The predicted octanol–water partition coefficient (Wildman–Crippen LogP) is 4.81. The summed E-state index contributed by atoms with van der Waals surface area (Å²) in [5.41, 5.74) is 0.0698. The van der Waals surface area contributed by atoms with E-state index in [2.05, 4.69) is 21.0 Å². The summed E-state index contributed by atoms with van der Waals surface area (Å²) in [5, 5.41) is 4.03. The molecular formula is C20H20BrF3N2O4. The lowest BCUT2D eigenvalue weighted by molar-refractivity contribution is -0.139. The summed E-state index contributed by atoms with van der Waals surface area (Å²) in [5.74, 6) is -0.824. The SMILES string of the molecule is CO/C=C(/C(=O)OC)c1ccccc1COc1nn(CC2CC2)c(Br)c1C(F)(F)F. The van der Waals surface area contributed by atoms with Crippen LogP contribution in [-0.4, -0.2) is 30.0 Å². The summed E-state index contributed by atoms with van der Waals surface area (Å²) in [4.78, 5) is 12.1. The van der Waals surface area contributed by atoms with Crippen LogP contribution in [0.1, 0.15) is 29.5 Å². The average Bonchev–Trinajstić information content (AvgIpc) is 3.46. The van der Waals surface area contributed by atoms with Gasteiger partial charge in [0.2, 0.25) is 5.88 Å². The van der Waals surface area contributed by atoms with Gasteiger partial charge in [-0.25, -0.2) is 4.79 Å². The van der Waals surface area contributed by atoms with Gasteiger partial charge in [-0.1, -0.05) is 24.3 Å². The van der Waals surface area contributed by atoms with Crippen LogP contribution in [0.15, 0.2) is 35.1 Å². The van der Waals surface area contributed by atoms with Crippen molar-refractivity contribution in [2.24, 2.45) is 5.92 Å². The first-order chi connectivity index (χ1) is 14.3. The molecule has 1 heterocycles. The fourth-order valence-corrected chi connectivity index (χ4v) is 3.55. The Morgan fingerprint density at radius 1 is 1.30 bits per heavy atom. The van der Waals surface area contributed by atoms with Crippen LogP contribution in [0.4, 0.5) is 13.2 Å². The van der Waals surface area contributed by atoms with Crippen LogP contribution >= 0.6 is 15.9 Å². The summed E-state index contributed by atoms with van der Waals surface area (Å²) in [6.45, 7) is 0.164. The van der Waals surface area contributed by atoms with Gasteiger partial charge in [0.1, 0.15) is 16.8 Å². The van der Waals surface area contributed by atoms with Gasteiger partial charge in [0.15, 0.2) is 5.56 Å². The number of carbonyl (C=O) groups excluding carboxylic acids is 1. The molecule has 0 bridgehead atoms. The monoisotopic (exact) mass is 488 g/mol. The minimum atomic E-state index is -4.64. The zero-order valence-corrected chi connectivity index (χ0v) is 17.9. The number of carbonyl (C=O) groups is 1. The van der Waals surface area contributed by atoms with E-state index in [0.717, 1.165) is 12.8 Å². The van der Waals surface area contributed by atoms with Crippen molar-refractivity contribution >= 4 is 27.5 Å². The van der Waals surface area contributed by atoms with Crippen molar-refractivity contribution in [3.05, 3.63) is 51.8 Å². The molecule has 1 aliphatic rings. The Morgan fingerprint density at radius 3 is 2.60 bits per heavy atom. The molecule has 3 rings (SSSR count). The molecule has 2 aromatic rings. The summed E-state index contributed by atoms with van der Waals surface area (Å²) in [7, 11) is 2.60. The number of hydrogen-bond donors (Lipinski definition) is 0. The van der Waals surface area contributed by atoms with Gasteiger partial charge < -0.3 is 14.2 Å². The molecule has 6 nitrogen and oxygen atoms in total. The number of esters is 1. The highest BCUT2D eigenvalue weighted by Crippen LogP contribution is 2.42. The van der Waals surface area contributed by atoms with Gasteiger partial charge in [-0.05, 0) is 45.8 Å². The Balaban J connectivity index is 1.91. The highest BCUT2D eigenvalue weighted by Gasteiger charge is 2.41. The van der Waals surface area contributed by atoms with E-state index >= 15 is 0 Å².